The second-order valence-corrected chi connectivity index (χ2v) is 7.08. The fourth-order valence-corrected chi connectivity index (χ4v) is 2.98. The highest BCUT2D eigenvalue weighted by molar-refractivity contribution is 5.79. The van der Waals surface area contributed by atoms with Gasteiger partial charge in [-0.1, -0.05) is 19.9 Å². The molecule has 0 amide bonds. The minimum absolute atomic E-state index is 0.0718. The average molecular weight is 379 g/mol. The maximum atomic E-state index is 11.9. The summed E-state index contributed by atoms with van der Waals surface area (Å²) in [5.74, 6) is 1.36. The van der Waals surface area contributed by atoms with Crippen LogP contribution in [-0.2, 0) is 11.3 Å². The SMILES string of the molecule is CCNC(=NCCCCn1c(C)cccc1=O)NCCC(OCC)C(C)C. The molecule has 0 aliphatic rings. The van der Waals surface area contributed by atoms with Crippen LogP contribution in [0.25, 0.3) is 0 Å². The van der Waals surface area contributed by atoms with Crippen LogP contribution in [0.3, 0.4) is 0 Å². The first-order chi connectivity index (χ1) is 13.0. The van der Waals surface area contributed by atoms with Crippen molar-refractivity contribution in [3.63, 3.8) is 0 Å². The van der Waals surface area contributed by atoms with Gasteiger partial charge in [-0.2, -0.15) is 0 Å². The summed E-state index contributed by atoms with van der Waals surface area (Å²) in [6.07, 6.45) is 3.13. The van der Waals surface area contributed by atoms with Crippen LogP contribution in [0, 0.1) is 12.8 Å². The zero-order valence-corrected chi connectivity index (χ0v) is 17.8. The van der Waals surface area contributed by atoms with Gasteiger partial charge in [0, 0.05) is 44.5 Å². The lowest BCUT2D eigenvalue weighted by Gasteiger charge is -2.21. The topological polar surface area (TPSA) is 67.7 Å². The molecular formula is C21H38N4O2. The highest BCUT2D eigenvalue weighted by Crippen LogP contribution is 2.09. The van der Waals surface area contributed by atoms with Crippen LogP contribution in [0.4, 0.5) is 0 Å². The summed E-state index contributed by atoms with van der Waals surface area (Å²) in [6, 6.07) is 5.40. The third-order valence-electron chi connectivity index (χ3n) is 4.52. The quantitative estimate of drug-likeness (QED) is 0.333. The lowest BCUT2D eigenvalue weighted by molar-refractivity contribution is 0.0258. The molecule has 0 saturated heterocycles. The second-order valence-electron chi connectivity index (χ2n) is 7.08. The Hall–Kier alpha value is -1.82. The number of aryl methyl sites for hydroxylation is 1. The number of guanidine groups is 1. The van der Waals surface area contributed by atoms with Crippen LogP contribution in [0.2, 0.25) is 0 Å². The first-order valence-electron chi connectivity index (χ1n) is 10.3. The van der Waals surface area contributed by atoms with Gasteiger partial charge in [0.25, 0.3) is 5.56 Å². The molecule has 1 atom stereocenters. The van der Waals surface area contributed by atoms with Crippen LogP contribution in [0.5, 0.6) is 0 Å². The number of rotatable bonds is 12. The normalized spacial score (nSPS) is 13.0. The van der Waals surface area contributed by atoms with Crippen LogP contribution in [0.15, 0.2) is 28.0 Å². The van der Waals surface area contributed by atoms with Crippen molar-refractivity contribution in [3.05, 3.63) is 34.2 Å². The zero-order chi connectivity index (χ0) is 20.1. The monoisotopic (exact) mass is 378 g/mol. The summed E-state index contributed by atoms with van der Waals surface area (Å²) in [7, 11) is 0. The van der Waals surface area contributed by atoms with Gasteiger partial charge in [-0.3, -0.25) is 9.79 Å². The fraction of sp³-hybridized carbons (Fsp3) is 0.714. The molecule has 6 heteroatoms. The Morgan fingerprint density at radius 2 is 2.00 bits per heavy atom. The van der Waals surface area contributed by atoms with Gasteiger partial charge in [0.2, 0.25) is 0 Å². The van der Waals surface area contributed by atoms with Crippen molar-refractivity contribution in [1.29, 1.82) is 0 Å². The summed E-state index contributed by atoms with van der Waals surface area (Å²) >= 11 is 0. The Balaban J connectivity index is 2.39. The summed E-state index contributed by atoms with van der Waals surface area (Å²) < 4.78 is 7.62. The molecule has 1 heterocycles. The third-order valence-corrected chi connectivity index (χ3v) is 4.52. The molecule has 0 saturated carbocycles. The minimum atomic E-state index is 0.0718. The van der Waals surface area contributed by atoms with Gasteiger partial charge in [0.1, 0.15) is 0 Å². The smallest absolute Gasteiger partial charge is 0.250 e. The van der Waals surface area contributed by atoms with Gasteiger partial charge in [-0.15, -0.1) is 0 Å². The van der Waals surface area contributed by atoms with E-state index in [0.29, 0.717) is 5.92 Å². The summed E-state index contributed by atoms with van der Waals surface area (Å²) in [5.41, 5.74) is 1.08. The largest absolute Gasteiger partial charge is 0.378 e. The van der Waals surface area contributed by atoms with Crippen LogP contribution < -0.4 is 16.2 Å². The molecule has 0 fully saturated rings. The first kappa shape index (κ1) is 23.2. The number of ether oxygens (including phenoxy) is 1. The summed E-state index contributed by atoms with van der Waals surface area (Å²) in [6.45, 7) is 14.4. The van der Waals surface area contributed by atoms with Gasteiger partial charge < -0.3 is 19.9 Å². The van der Waals surface area contributed by atoms with E-state index in [-0.39, 0.29) is 11.7 Å². The predicted octanol–water partition coefficient (Wildman–Crippen LogP) is 2.94. The molecule has 2 N–H and O–H groups in total. The van der Waals surface area contributed by atoms with Crippen molar-refractivity contribution < 1.29 is 4.74 Å². The van der Waals surface area contributed by atoms with Crippen molar-refractivity contribution >= 4 is 5.96 Å². The number of nitrogens with one attached hydrogen (secondary N) is 2. The number of unbranched alkanes of at least 4 members (excludes halogenated alkanes) is 1. The van der Waals surface area contributed by atoms with E-state index in [4.69, 9.17) is 4.74 Å². The molecule has 0 aliphatic carbocycles. The van der Waals surface area contributed by atoms with Gasteiger partial charge in [0.15, 0.2) is 5.96 Å². The zero-order valence-electron chi connectivity index (χ0n) is 17.8. The molecule has 0 aromatic carbocycles. The predicted molar refractivity (Wildman–Crippen MR) is 114 cm³/mol. The maximum absolute atomic E-state index is 11.9. The maximum Gasteiger partial charge on any atom is 0.250 e. The molecule has 0 radical (unpaired) electrons. The van der Waals surface area contributed by atoms with Crippen molar-refractivity contribution in [2.75, 3.05) is 26.2 Å². The highest BCUT2D eigenvalue weighted by Gasteiger charge is 2.12. The average Bonchev–Trinajstić information content (AvgIpc) is 2.62. The number of aromatic nitrogens is 1. The number of hydrogen-bond acceptors (Lipinski definition) is 3. The highest BCUT2D eigenvalue weighted by atomic mass is 16.5. The standard InChI is InChI=1S/C21H38N4O2/c1-6-22-21(24-15-13-19(17(3)4)27-7-2)23-14-8-9-16-25-18(5)11-10-12-20(25)26/h10-12,17,19H,6-9,13-16H2,1-5H3,(H2,22,23,24). The molecule has 6 nitrogen and oxygen atoms in total. The van der Waals surface area contributed by atoms with E-state index < -0.39 is 0 Å². The Morgan fingerprint density at radius 3 is 2.63 bits per heavy atom. The molecule has 0 aliphatic heterocycles. The first-order valence-corrected chi connectivity index (χ1v) is 10.3. The number of hydrogen-bond donors (Lipinski definition) is 2. The van der Waals surface area contributed by atoms with E-state index in [1.54, 1.807) is 6.07 Å². The van der Waals surface area contributed by atoms with E-state index in [1.807, 2.05) is 30.5 Å². The molecular weight excluding hydrogens is 340 g/mol. The molecule has 1 aromatic rings. The van der Waals surface area contributed by atoms with E-state index >= 15 is 0 Å². The molecule has 1 rings (SSSR count). The number of aliphatic imine (C=N–C) groups is 1. The summed E-state index contributed by atoms with van der Waals surface area (Å²) in [5, 5.41) is 6.68. The van der Waals surface area contributed by atoms with Gasteiger partial charge >= 0.3 is 0 Å². The Bertz CT molecular complexity index is 610. The lowest BCUT2D eigenvalue weighted by atomic mass is 10.0. The summed E-state index contributed by atoms with van der Waals surface area (Å²) in [4.78, 5) is 16.5. The van der Waals surface area contributed by atoms with E-state index in [9.17, 15) is 4.79 Å². The minimum Gasteiger partial charge on any atom is -0.378 e. The molecule has 0 bridgehead atoms. The van der Waals surface area contributed by atoms with E-state index in [0.717, 1.165) is 63.7 Å². The molecule has 1 aromatic heterocycles. The number of nitrogens with zero attached hydrogens (tertiary/aromatic N) is 2. The lowest BCUT2D eigenvalue weighted by Crippen LogP contribution is -2.39. The molecule has 1 unspecified atom stereocenters. The fourth-order valence-electron chi connectivity index (χ4n) is 2.98. The van der Waals surface area contributed by atoms with Crippen molar-refractivity contribution in [2.24, 2.45) is 10.9 Å². The van der Waals surface area contributed by atoms with Crippen LogP contribution >= 0.6 is 0 Å². The number of pyridine rings is 1. The van der Waals surface area contributed by atoms with Crippen molar-refractivity contribution in [2.45, 2.75) is 66.5 Å². The van der Waals surface area contributed by atoms with E-state index in [2.05, 4.69) is 36.4 Å². The van der Waals surface area contributed by atoms with Crippen molar-refractivity contribution in [3.8, 4) is 0 Å². The molecule has 0 spiro atoms. The molecule has 154 valence electrons. The van der Waals surface area contributed by atoms with Crippen LogP contribution in [-0.4, -0.2) is 42.9 Å². The second kappa shape index (κ2) is 13.4. The van der Waals surface area contributed by atoms with Gasteiger partial charge in [-0.05, 0) is 52.0 Å². The Kier molecular flexibility index (Phi) is 11.5. The van der Waals surface area contributed by atoms with Crippen LogP contribution in [0.1, 0.15) is 52.7 Å². The molecule has 27 heavy (non-hydrogen) atoms. The van der Waals surface area contributed by atoms with Crippen molar-refractivity contribution in [1.82, 2.24) is 15.2 Å². The Labute approximate surface area is 164 Å². The van der Waals surface area contributed by atoms with E-state index in [1.165, 1.54) is 0 Å². The third kappa shape index (κ3) is 9.09. The Morgan fingerprint density at radius 1 is 1.22 bits per heavy atom. The van der Waals surface area contributed by atoms with Gasteiger partial charge in [0.05, 0.1) is 6.10 Å². The van der Waals surface area contributed by atoms with Gasteiger partial charge in [-0.25, -0.2) is 0 Å².